The molecule has 2 aromatic rings. The van der Waals surface area contributed by atoms with Crippen molar-refractivity contribution in [1.82, 2.24) is 10.9 Å². The van der Waals surface area contributed by atoms with Crippen LogP contribution in [0.2, 0.25) is 0 Å². The Morgan fingerprint density at radius 2 is 1.59 bits per heavy atom. The molecule has 2 rings (SSSR count). The normalized spacial score (nSPS) is 10.4. The molecule has 3 N–H and O–H groups in total. The fourth-order valence-electron chi connectivity index (χ4n) is 2.31. The van der Waals surface area contributed by atoms with Gasteiger partial charge in [-0.05, 0) is 60.1 Å². The molecule has 0 atom stereocenters. The zero-order chi connectivity index (χ0) is 19.8. The molecule has 0 aromatic heterocycles. The number of benzene rings is 2. The SMILES string of the molecule is CC(C)c1ccc(NC(=S)NNC(=O)CCC(=O)c2ccc(F)cc2)cc1. The first-order valence-corrected chi connectivity index (χ1v) is 9.00. The first kappa shape index (κ1) is 20.5. The number of ketones is 1. The maximum atomic E-state index is 12.8. The van der Waals surface area contributed by atoms with Crippen LogP contribution in [0.15, 0.2) is 48.5 Å². The fraction of sp³-hybridized carbons (Fsp3) is 0.250. The summed E-state index contributed by atoms with van der Waals surface area (Å²) in [4.78, 5) is 23.8. The molecule has 2 aromatic carbocycles. The van der Waals surface area contributed by atoms with E-state index < -0.39 is 5.82 Å². The lowest BCUT2D eigenvalue weighted by atomic mass is 10.0. The van der Waals surface area contributed by atoms with E-state index in [1.165, 1.54) is 29.8 Å². The Bertz CT molecular complexity index is 805. The number of anilines is 1. The van der Waals surface area contributed by atoms with E-state index in [-0.39, 0.29) is 29.6 Å². The van der Waals surface area contributed by atoms with Gasteiger partial charge in [0.05, 0.1) is 0 Å². The molecule has 0 aliphatic rings. The number of carbonyl (C=O) groups is 2. The number of carbonyl (C=O) groups excluding carboxylic acids is 2. The molecule has 0 unspecified atom stereocenters. The summed E-state index contributed by atoms with van der Waals surface area (Å²) in [6, 6.07) is 13.1. The summed E-state index contributed by atoms with van der Waals surface area (Å²) < 4.78 is 12.8. The zero-order valence-electron chi connectivity index (χ0n) is 15.2. The third-order valence-corrected chi connectivity index (χ3v) is 4.10. The topological polar surface area (TPSA) is 70.2 Å². The summed E-state index contributed by atoms with van der Waals surface area (Å²) in [5, 5.41) is 3.20. The molecule has 1 amide bonds. The summed E-state index contributed by atoms with van der Waals surface area (Å²) in [5.74, 6) is -0.560. The molecule has 0 spiro atoms. The zero-order valence-corrected chi connectivity index (χ0v) is 16.0. The van der Waals surface area contributed by atoms with Crippen LogP contribution in [0.25, 0.3) is 0 Å². The van der Waals surface area contributed by atoms with E-state index in [2.05, 4.69) is 30.0 Å². The first-order chi connectivity index (χ1) is 12.8. The van der Waals surface area contributed by atoms with Crippen molar-refractivity contribution >= 4 is 34.7 Å². The van der Waals surface area contributed by atoms with Gasteiger partial charge in [-0.2, -0.15) is 0 Å². The molecule has 0 aliphatic heterocycles. The molecule has 142 valence electrons. The van der Waals surface area contributed by atoms with Crippen LogP contribution in [0.1, 0.15) is 48.5 Å². The smallest absolute Gasteiger partial charge is 0.238 e. The number of rotatable bonds is 6. The summed E-state index contributed by atoms with van der Waals surface area (Å²) in [5.41, 5.74) is 7.44. The highest BCUT2D eigenvalue weighted by Gasteiger charge is 2.10. The number of Topliss-reactive ketones (excluding diaryl/α,β-unsaturated/α-hetero) is 1. The van der Waals surface area contributed by atoms with Crippen LogP contribution in [0.3, 0.4) is 0 Å². The van der Waals surface area contributed by atoms with E-state index in [9.17, 15) is 14.0 Å². The molecule has 5 nitrogen and oxygen atoms in total. The number of hydrogen-bond donors (Lipinski definition) is 3. The van der Waals surface area contributed by atoms with Crippen LogP contribution in [0, 0.1) is 5.82 Å². The number of halogens is 1. The summed E-state index contributed by atoms with van der Waals surface area (Å²) in [6.45, 7) is 4.23. The largest absolute Gasteiger partial charge is 0.331 e. The van der Waals surface area contributed by atoms with Gasteiger partial charge in [0.1, 0.15) is 5.82 Å². The van der Waals surface area contributed by atoms with Gasteiger partial charge in [0.25, 0.3) is 0 Å². The highest BCUT2D eigenvalue weighted by atomic mass is 32.1. The van der Waals surface area contributed by atoms with Crippen molar-refractivity contribution in [1.29, 1.82) is 0 Å². The van der Waals surface area contributed by atoms with Crippen molar-refractivity contribution in [3.63, 3.8) is 0 Å². The number of hydrogen-bond acceptors (Lipinski definition) is 3. The van der Waals surface area contributed by atoms with E-state index >= 15 is 0 Å². The van der Waals surface area contributed by atoms with Gasteiger partial charge >= 0.3 is 0 Å². The Balaban J connectivity index is 1.72. The number of amides is 1. The van der Waals surface area contributed by atoms with Crippen LogP contribution in [-0.4, -0.2) is 16.8 Å². The average Bonchev–Trinajstić information content (AvgIpc) is 2.65. The maximum Gasteiger partial charge on any atom is 0.238 e. The molecule has 0 fully saturated rings. The van der Waals surface area contributed by atoms with E-state index in [1.807, 2.05) is 24.3 Å². The quantitative estimate of drug-likeness (QED) is 0.398. The molecule has 0 bridgehead atoms. The Labute approximate surface area is 163 Å². The van der Waals surface area contributed by atoms with Gasteiger partial charge in [-0.15, -0.1) is 0 Å². The molecule has 0 heterocycles. The minimum absolute atomic E-state index is 0.00505. The first-order valence-electron chi connectivity index (χ1n) is 8.59. The van der Waals surface area contributed by atoms with Crippen LogP contribution < -0.4 is 16.2 Å². The van der Waals surface area contributed by atoms with Crippen molar-refractivity contribution in [2.75, 3.05) is 5.32 Å². The molecular weight excluding hydrogens is 365 g/mol. The second-order valence-corrected chi connectivity index (χ2v) is 6.74. The molecule has 0 saturated heterocycles. The molecule has 0 aliphatic carbocycles. The van der Waals surface area contributed by atoms with Gasteiger partial charge in [0, 0.05) is 24.1 Å². The highest BCUT2D eigenvalue weighted by molar-refractivity contribution is 7.80. The molecule has 0 radical (unpaired) electrons. The lowest BCUT2D eigenvalue weighted by molar-refractivity contribution is -0.121. The third kappa shape index (κ3) is 6.79. The van der Waals surface area contributed by atoms with Crippen LogP contribution >= 0.6 is 12.2 Å². The average molecular weight is 387 g/mol. The molecule has 7 heteroatoms. The Morgan fingerprint density at radius 1 is 0.963 bits per heavy atom. The minimum Gasteiger partial charge on any atom is -0.331 e. The fourth-order valence-corrected chi connectivity index (χ4v) is 2.48. The van der Waals surface area contributed by atoms with E-state index in [4.69, 9.17) is 12.2 Å². The second-order valence-electron chi connectivity index (χ2n) is 6.33. The van der Waals surface area contributed by atoms with Gasteiger partial charge in [-0.1, -0.05) is 26.0 Å². The number of thiocarbonyl (C=S) groups is 1. The predicted molar refractivity (Wildman–Crippen MR) is 108 cm³/mol. The second kappa shape index (κ2) is 9.78. The van der Waals surface area contributed by atoms with E-state index in [1.54, 1.807) is 0 Å². The van der Waals surface area contributed by atoms with Crippen molar-refractivity contribution in [2.45, 2.75) is 32.6 Å². The molecule has 27 heavy (non-hydrogen) atoms. The van der Waals surface area contributed by atoms with Crippen LogP contribution in [0.4, 0.5) is 10.1 Å². The Hall–Kier alpha value is -2.80. The predicted octanol–water partition coefficient (Wildman–Crippen LogP) is 3.93. The molecule has 0 saturated carbocycles. The van der Waals surface area contributed by atoms with Crippen molar-refractivity contribution in [3.8, 4) is 0 Å². The van der Waals surface area contributed by atoms with Crippen molar-refractivity contribution < 1.29 is 14.0 Å². The van der Waals surface area contributed by atoms with Crippen molar-refractivity contribution in [2.24, 2.45) is 0 Å². The van der Waals surface area contributed by atoms with Gasteiger partial charge in [0.15, 0.2) is 10.9 Å². The maximum absolute atomic E-state index is 12.8. The van der Waals surface area contributed by atoms with Crippen molar-refractivity contribution in [3.05, 3.63) is 65.5 Å². The lowest BCUT2D eigenvalue weighted by Gasteiger charge is -2.12. The van der Waals surface area contributed by atoms with E-state index in [0.29, 0.717) is 11.5 Å². The van der Waals surface area contributed by atoms with Gasteiger partial charge in [0.2, 0.25) is 5.91 Å². The van der Waals surface area contributed by atoms with E-state index in [0.717, 1.165) is 5.69 Å². The molecular formula is C20H22FN3O2S. The third-order valence-electron chi connectivity index (χ3n) is 3.90. The standard InChI is InChI=1S/C20H22FN3O2S/c1-13(2)14-5-9-17(10-6-14)22-20(27)24-23-19(26)12-11-18(25)15-3-7-16(21)8-4-15/h3-10,13H,11-12H2,1-2H3,(H,23,26)(H2,22,24,27). The van der Waals surface area contributed by atoms with Gasteiger partial charge < -0.3 is 5.32 Å². The summed E-state index contributed by atoms with van der Waals surface area (Å²) >= 11 is 5.12. The minimum atomic E-state index is -0.409. The highest BCUT2D eigenvalue weighted by Crippen LogP contribution is 2.17. The summed E-state index contributed by atoms with van der Waals surface area (Å²) in [6.07, 6.45) is 0.0188. The monoisotopic (exact) mass is 387 g/mol. The summed E-state index contributed by atoms with van der Waals surface area (Å²) in [7, 11) is 0. The Kier molecular flexibility index (Phi) is 7.43. The lowest BCUT2D eigenvalue weighted by Crippen LogP contribution is -2.43. The Morgan fingerprint density at radius 3 is 2.19 bits per heavy atom. The van der Waals surface area contributed by atoms with Gasteiger partial charge in [-0.25, -0.2) is 4.39 Å². The van der Waals surface area contributed by atoms with Gasteiger partial charge in [-0.3, -0.25) is 20.4 Å². The van der Waals surface area contributed by atoms with Crippen LogP contribution in [-0.2, 0) is 4.79 Å². The van der Waals surface area contributed by atoms with Crippen LogP contribution in [0.5, 0.6) is 0 Å². The number of hydrazine groups is 1. The number of nitrogens with one attached hydrogen (secondary N) is 3.